The molecule has 3 aromatic rings. The van der Waals surface area contributed by atoms with Crippen molar-refractivity contribution in [2.24, 2.45) is 0 Å². The summed E-state index contributed by atoms with van der Waals surface area (Å²) in [6.45, 7) is 1.04. The first-order valence-electron chi connectivity index (χ1n) is 8.17. The molecule has 0 fully saturated rings. The van der Waals surface area contributed by atoms with Gasteiger partial charge in [-0.15, -0.1) is 0 Å². The van der Waals surface area contributed by atoms with Gasteiger partial charge < -0.3 is 4.74 Å². The molecule has 0 aliphatic carbocycles. The van der Waals surface area contributed by atoms with Crippen LogP contribution in [0, 0.1) is 0 Å². The Kier molecular flexibility index (Phi) is 5.03. The van der Waals surface area contributed by atoms with E-state index in [4.69, 9.17) is 27.9 Å². The van der Waals surface area contributed by atoms with Crippen LogP contribution in [0.1, 0.15) is 5.56 Å². The maximum atomic E-state index is 12.7. The topological polar surface area (TPSA) is 58.2 Å². The first-order valence-corrected chi connectivity index (χ1v) is 9.72. The van der Waals surface area contributed by atoms with E-state index in [1.54, 1.807) is 6.07 Å². The zero-order chi connectivity index (χ0) is 19.1. The quantitative estimate of drug-likeness (QED) is 0.586. The van der Waals surface area contributed by atoms with Crippen LogP contribution < -0.4 is 11.4 Å². The fraction of sp³-hybridized carbons (Fsp3) is 0.222. The Morgan fingerprint density at radius 2 is 1.52 bits per heavy atom. The van der Waals surface area contributed by atoms with Crippen molar-refractivity contribution < 1.29 is 4.74 Å². The minimum Gasteiger partial charge on any atom is -0.370 e. The Morgan fingerprint density at radius 3 is 2.07 bits per heavy atom. The second-order valence-corrected chi connectivity index (χ2v) is 8.04. The van der Waals surface area contributed by atoms with Crippen molar-refractivity contribution in [3.05, 3.63) is 83.5 Å². The van der Waals surface area contributed by atoms with Gasteiger partial charge in [0.15, 0.2) is 0 Å². The van der Waals surface area contributed by atoms with Crippen molar-refractivity contribution in [1.29, 1.82) is 0 Å². The molecule has 4 rings (SSSR count). The number of hydrogen-bond acceptors (Lipinski definition) is 3. The van der Waals surface area contributed by atoms with Crippen LogP contribution in [-0.2, 0) is 24.4 Å². The van der Waals surface area contributed by atoms with Crippen LogP contribution in [0.25, 0.3) is 5.69 Å². The molecule has 0 spiro atoms. The number of rotatable bonds is 4. The summed E-state index contributed by atoms with van der Waals surface area (Å²) in [5.74, 6) is 0. The monoisotopic (exact) mass is 469 g/mol. The molecular weight excluding hydrogens is 457 g/mol. The maximum absolute atomic E-state index is 12.7. The Morgan fingerprint density at radius 1 is 0.963 bits per heavy atom. The second kappa shape index (κ2) is 7.31. The van der Waals surface area contributed by atoms with Gasteiger partial charge in [-0.2, -0.15) is 0 Å². The lowest BCUT2D eigenvalue weighted by atomic mass is 10.2. The van der Waals surface area contributed by atoms with Crippen LogP contribution in [0.15, 0.2) is 56.5 Å². The molecule has 0 saturated heterocycles. The predicted octanol–water partition coefficient (Wildman–Crippen LogP) is 3.47. The van der Waals surface area contributed by atoms with E-state index in [9.17, 15) is 9.59 Å². The highest BCUT2D eigenvalue weighted by Gasteiger charge is 2.28. The summed E-state index contributed by atoms with van der Waals surface area (Å²) in [7, 11) is 0. The van der Waals surface area contributed by atoms with E-state index >= 15 is 0 Å². The zero-order valence-electron chi connectivity index (χ0n) is 13.9. The molecule has 27 heavy (non-hydrogen) atoms. The number of fused-ring (bicyclic) bond motifs is 1. The lowest BCUT2D eigenvalue weighted by molar-refractivity contribution is 0.0374. The van der Waals surface area contributed by atoms with Crippen molar-refractivity contribution in [3.8, 4) is 5.69 Å². The average Bonchev–Trinajstić information content (AvgIpc) is 3.13. The van der Waals surface area contributed by atoms with Gasteiger partial charge in [0.1, 0.15) is 0 Å². The minimum atomic E-state index is -0.437. The summed E-state index contributed by atoms with van der Waals surface area (Å²) >= 11 is 15.4. The summed E-state index contributed by atoms with van der Waals surface area (Å²) in [6, 6.07) is 12.4. The molecule has 1 aromatic heterocycles. The fourth-order valence-corrected chi connectivity index (χ4v) is 3.88. The smallest absolute Gasteiger partial charge is 0.351 e. The highest BCUT2D eigenvalue weighted by atomic mass is 79.9. The third-order valence-electron chi connectivity index (χ3n) is 4.37. The zero-order valence-corrected chi connectivity index (χ0v) is 17.0. The molecule has 6 nitrogen and oxygen atoms in total. The summed E-state index contributed by atoms with van der Waals surface area (Å²) < 4.78 is 10.7. The van der Waals surface area contributed by atoms with E-state index in [1.165, 1.54) is 21.5 Å². The second-order valence-electron chi connectivity index (χ2n) is 6.25. The van der Waals surface area contributed by atoms with E-state index in [-0.39, 0.29) is 6.10 Å². The molecule has 0 unspecified atom stereocenters. The van der Waals surface area contributed by atoms with Gasteiger partial charge in [-0.05, 0) is 35.9 Å². The van der Waals surface area contributed by atoms with Crippen molar-refractivity contribution in [3.63, 3.8) is 0 Å². The molecular formula is C18H14BrCl2N3O3. The molecule has 1 aliphatic rings. The standard InChI is InChI=1S/C18H14BrCl2N3O3/c19-12-3-1-11(2-4-12)10-27-16-8-22-17(25)24(18(26)23(22)9-16)15-6-13(20)5-14(21)7-15/h1-7,16H,8-10H2. The highest BCUT2D eigenvalue weighted by molar-refractivity contribution is 9.10. The van der Waals surface area contributed by atoms with Crippen molar-refractivity contribution in [2.75, 3.05) is 0 Å². The van der Waals surface area contributed by atoms with Gasteiger partial charge in [0, 0.05) is 14.5 Å². The first-order chi connectivity index (χ1) is 12.9. The van der Waals surface area contributed by atoms with Gasteiger partial charge in [-0.1, -0.05) is 51.3 Å². The lowest BCUT2D eigenvalue weighted by Crippen LogP contribution is -2.31. The van der Waals surface area contributed by atoms with Crippen LogP contribution in [0.2, 0.25) is 10.0 Å². The summed E-state index contributed by atoms with van der Waals surface area (Å²) in [5, 5.41) is 0.715. The SMILES string of the molecule is O=c1n(-c2cc(Cl)cc(Cl)c2)c(=O)n2n1CC(OCc1ccc(Br)cc1)C2. The lowest BCUT2D eigenvalue weighted by Gasteiger charge is -2.10. The van der Waals surface area contributed by atoms with Crippen molar-refractivity contribution >= 4 is 39.1 Å². The van der Waals surface area contributed by atoms with Crippen LogP contribution in [0.3, 0.4) is 0 Å². The van der Waals surface area contributed by atoms with E-state index in [2.05, 4.69) is 15.9 Å². The molecule has 2 aromatic carbocycles. The van der Waals surface area contributed by atoms with Crippen molar-refractivity contribution in [2.45, 2.75) is 25.8 Å². The minimum absolute atomic E-state index is 0.244. The third-order valence-corrected chi connectivity index (χ3v) is 5.34. The predicted molar refractivity (Wildman–Crippen MR) is 107 cm³/mol. The first kappa shape index (κ1) is 18.6. The Labute approximate surface area is 172 Å². The van der Waals surface area contributed by atoms with Crippen LogP contribution >= 0.6 is 39.1 Å². The molecule has 0 saturated carbocycles. The number of ether oxygens (including phenoxy) is 1. The summed E-state index contributed by atoms with van der Waals surface area (Å²) in [6.07, 6.45) is -0.244. The van der Waals surface area contributed by atoms with Crippen LogP contribution in [0.4, 0.5) is 0 Å². The summed E-state index contributed by atoms with van der Waals surface area (Å²) in [5.41, 5.74) is 0.499. The molecule has 0 N–H and O–H groups in total. The molecule has 2 heterocycles. The molecule has 140 valence electrons. The van der Waals surface area contributed by atoms with E-state index < -0.39 is 11.4 Å². The Bertz CT molecular complexity index is 1060. The maximum Gasteiger partial charge on any atom is 0.351 e. The van der Waals surface area contributed by atoms with Gasteiger partial charge in [-0.25, -0.2) is 23.5 Å². The van der Waals surface area contributed by atoms with Crippen molar-refractivity contribution in [1.82, 2.24) is 13.9 Å². The van der Waals surface area contributed by atoms with Crippen LogP contribution in [0.5, 0.6) is 0 Å². The molecule has 9 heteroatoms. The third kappa shape index (κ3) is 3.65. The van der Waals surface area contributed by atoms with E-state index in [0.29, 0.717) is 35.4 Å². The van der Waals surface area contributed by atoms with Crippen LogP contribution in [-0.4, -0.2) is 20.0 Å². The van der Waals surface area contributed by atoms with Gasteiger partial charge in [-0.3, -0.25) is 0 Å². The average molecular weight is 471 g/mol. The Balaban J connectivity index is 1.55. The molecule has 0 bridgehead atoms. The van der Waals surface area contributed by atoms with E-state index in [0.717, 1.165) is 14.6 Å². The molecule has 0 atom stereocenters. The highest BCUT2D eigenvalue weighted by Crippen LogP contribution is 2.21. The normalized spacial score (nSPS) is 13.9. The number of halogens is 3. The number of nitrogens with zero attached hydrogens (tertiary/aromatic N) is 3. The Hall–Kier alpha value is -1.80. The molecule has 0 radical (unpaired) electrons. The molecule has 1 aliphatic heterocycles. The summed E-state index contributed by atoms with van der Waals surface area (Å²) in [4.78, 5) is 25.4. The fourth-order valence-electron chi connectivity index (χ4n) is 3.11. The van der Waals surface area contributed by atoms with E-state index in [1.807, 2.05) is 24.3 Å². The molecule has 0 amide bonds. The van der Waals surface area contributed by atoms with Gasteiger partial charge >= 0.3 is 11.4 Å². The number of hydrogen-bond donors (Lipinski definition) is 0. The van der Waals surface area contributed by atoms with Gasteiger partial charge in [0.2, 0.25) is 0 Å². The van der Waals surface area contributed by atoms with Gasteiger partial charge in [0.25, 0.3) is 0 Å². The number of aromatic nitrogens is 3. The largest absolute Gasteiger partial charge is 0.370 e. The number of benzene rings is 2. The van der Waals surface area contributed by atoms with Gasteiger partial charge in [0.05, 0.1) is 31.5 Å².